The first kappa shape index (κ1) is 10.5. The number of anilines is 1. The first-order chi connectivity index (χ1) is 8.84. The van der Waals surface area contributed by atoms with Crippen LogP contribution in [0.4, 0.5) is 5.95 Å². The zero-order valence-electron chi connectivity index (χ0n) is 9.68. The molecule has 3 N–H and O–H groups in total. The molecule has 0 unspecified atom stereocenters. The third kappa shape index (κ3) is 1.81. The van der Waals surface area contributed by atoms with Gasteiger partial charge in [0.25, 0.3) is 5.95 Å². The van der Waals surface area contributed by atoms with Gasteiger partial charge in [-0.3, -0.25) is 0 Å². The van der Waals surface area contributed by atoms with Crippen LogP contribution in [0.3, 0.4) is 0 Å². The molecule has 7 heteroatoms. The minimum atomic E-state index is 0.342. The second-order valence-electron chi connectivity index (χ2n) is 3.79. The summed E-state index contributed by atoms with van der Waals surface area (Å²) in [6.45, 7) is 1.92. The fourth-order valence-electron chi connectivity index (χ4n) is 1.77. The van der Waals surface area contributed by atoms with E-state index in [0.29, 0.717) is 5.95 Å². The van der Waals surface area contributed by atoms with Gasteiger partial charge in [0.1, 0.15) is 0 Å². The number of nitrogens with zero attached hydrogens (tertiary/aromatic N) is 4. The Labute approximate surface area is 102 Å². The zero-order valence-corrected chi connectivity index (χ0v) is 9.68. The van der Waals surface area contributed by atoms with E-state index in [2.05, 4.69) is 42.2 Å². The lowest BCUT2D eigenvalue weighted by Crippen LogP contribution is -2.00. The first-order valence-corrected chi connectivity index (χ1v) is 5.45. The van der Waals surface area contributed by atoms with Gasteiger partial charge in [0, 0.05) is 22.7 Å². The van der Waals surface area contributed by atoms with Crippen LogP contribution in [0.25, 0.3) is 10.9 Å². The van der Waals surface area contributed by atoms with E-state index >= 15 is 0 Å². The Balaban J connectivity index is 1.92. The molecule has 7 nitrogen and oxygen atoms in total. The molecule has 90 valence electrons. The molecule has 3 aromatic rings. The van der Waals surface area contributed by atoms with Crippen LogP contribution in [-0.2, 0) is 0 Å². The normalized spacial score (nSPS) is 11.9. The fourth-order valence-corrected chi connectivity index (χ4v) is 1.77. The van der Waals surface area contributed by atoms with E-state index in [9.17, 15) is 0 Å². The summed E-state index contributed by atoms with van der Waals surface area (Å²) in [6, 6.07) is 8.07. The van der Waals surface area contributed by atoms with Crippen molar-refractivity contribution in [3.63, 3.8) is 0 Å². The van der Waals surface area contributed by atoms with Gasteiger partial charge in [0.05, 0.1) is 5.71 Å². The van der Waals surface area contributed by atoms with Crippen LogP contribution in [-0.4, -0.2) is 31.3 Å². The Kier molecular flexibility index (Phi) is 2.49. The number of aromatic amines is 2. The molecule has 3 rings (SSSR count). The molecule has 18 heavy (non-hydrogen) atoms. The van der Waals surface area contributed by atoms with Crippen molar-refractivity contribution in [3.8, 4) is 0 Å². The summed E-state index contributed by atoms with van der Waals surface area (Å²) in [5, 5.41) is 18.7. The molecule has 1 aromatic carbocycles. The van der Waals surface area contributed by atoms with Crippen LogP contribution in [0, 0.1) is 0 Å². The predicted molar refractivity (Wildman–Crippen MR) is 68.3 cm³/mol. The third-order valence-electron chi connectivity index (χ3n) is 2.65. The van der Waals surface area contributed by atoms with Crippen LogP contribution in [0.15, 0.2) is 35.6 Å². The number of benzene rings is 1. The standard InChI is InChI=1S/C11H11N7/c1-7(13-14-11-15-17-18-16-11)9-6-12-10-5-3-2-4-8(9)10/h2-6,12H,1H3,(H2,14,15,16,17,18)/b13-7-. The van der Waals surface area contributed by atoms with Crippen molar-refractivity contribution in [2.24, 2.45) is 5.10 Å². The molecule has 0 saturated carbocycles. The number of hydrazone groups is 1. The summed E-state index contributed by atoms with van der Waals surface area (Å²) in [6.07, 6.45) is 1.93. The quantitative estimate of drug-likeness (QED) is 0.478. The SMILES string of the molecule is C/C(=N/Nc1nn[nH]n1)c1c[nH]c2ccccc12. The largest absolute Gasteiger partial charge is 0.360 e. The van der Waals surface area contributed by atoms with E-state index in [4.69, 9.17) is 0 Å². The number of tetrazole rings is 1. The van der Waals surface area contributed by atoms with Crippen molar-refractivity contribution in [1.29, 1.82) is 0 Å². The van der Waals surface area contributed by atoms with E-state index in [-0.39, 0.29) is 0 Å². The van der Waals surface area contributed by atoms with Crippen LogP contribution in [0.2, 0.25) is 0 Å². The summed E-state index contributed by atoms with van der Waals surface area (Å²) >= 11 is 0. The van der Waals surface area contributed by atoms with E-state index in [1.165, 1.54) is 0 Å². The summed E-state index contributed by atoms with van der Waals surface area (Å²) in [4.78, 5) is 3.20. The van der Waals surface area contributed by atoms with Crippen LogP contribution in [0.5, 0.6) is 0 Å². The minimum absolute atomic E-state index is 0.342. The number of hydrogen-bond donors (Lipinski definition) is 3. The minimum Gasteiger partial charge on any atom is -0.360 e. The van der Waals surface area contributed by atoms with Crippen molar-refractivity contribution < 1.29 is 0 Å². The Morgan fingerprint density at radius 2 is 2.22 bits per heavy atom. The maximum absolute atomic E-state index is 4.22. The molecule has 0 saturated heterocycles. The smallest absolute Gasteiger partial charge is 0.283 e. The predicted octanol–water partition coefficient (Wildman–Crippen LogP) is 1.52. The molecule has 0 bridgehead atoms. The first-order valence-electron chi connectivity index (χ1n) is 5.45. The molecule has 0 amide bonds. The lowest BCUT2D eigenvalue weighted by Gasteiger charge is -1.98. The van der Waals surface area contributed by atoms with E-state index in [1.54, 1.807) is 0 Å². The number of para-hydroxylation sites is 1. The monoisotopic (exact) mass is 241 g/mol. The highest BCUT2D eigenvalue weighted by atomic mass is 15.5. The maximum atomic E-state index is 4.22. The third-order valence-corrected chi connectivity index (χ3v) is 2.65. The Hall–Kier alpha value is -2.70. The fraction of sp³-hybridized carbons (Fsp3) is 0.0909. The molecular formula is C11H11N7. The molecule has 0 atom stereocenters. The summed E-state index contributed by atoms with van der Waals surface area (Å²) in [5.41, 5.74) is 5.71. The van der Waals surface area contributed by atoms with Gasteiger partial charge >= 0.3 is 0 Å². The number of rotatable bonds is 3. The van der Waals surface area contributed by atoms with Gasteiger partial charge in [0.15, 0.2) is 0 Å². The van der Waals surface area contributed by atoms with Gasteiger partial charge < -0.3 is 4.98 Å². The van der Waals surface area contributed by atoms with Gasteiger partial charge in [-0.25, -0.2) is 5.43 Å². The van der Waals surface area contributed by atoms with Crippen molar-refractivity contribution in [2.45, 2.75) is 6.92 Å². The molecular weight excluding hydrogens is 230 g/mol. The Bertz CT molecular complexity index is 680. The number of nitrogens with one attached hydrogen (secondary N) is 3. The summed E-state index contributed by atoms with van der Waals surface area (Å²) in [7, 11) is 0. The van der Waals surface area contributed by atoms with Crippen molar-refractivity contribution in [1.82, 2.24) is 25.6 Å². The highest BCUT2D eigenvalue weighted by Crippen LogP contribution is 2.18. The molecule has 0 spiro atoms. The molecule has 0 radical (unpaired) electrons. The molecule has 0 aliphatic carbocycles. The summed E-state index contributed by atoms with van der Waals surface area (Å²) < 4.78 is 0. The zero-order chi connectivity index (χ0) is 12.4. The number of H-pyrrole nitrogens is 2. The van der Waals surface area contributed by atoms with E-state index in [0.717, 1.165) is 22.2 Å². The van der Waals surface area contributed by atoms with Gasteiger partial charge in [-0.1, -0.05) is 23.3 Å². The lowest BCUT2D eigenvalue weighted by atomic mass is 10.1. The van der Waals surface area contributed by atoms with Gasteiger partial charge in [-0.05, 0) is 18.2 Å². The van der Waals surface area contributed by atoms with E-state index in [1.807, 2.05) is 31.3 Å². The van der Waals surface area contributed by atoms with Gasteiger partial charge in [-0.15, -0.1) is 5.10 Å². The highest BCUT2D eigenvalue weighted by Gasteiger charge is 2.05. The van der Waals surface area contributed by atoms with Crippen molar-refractivity contribution in [2.75, 3.05) is 5.43 Å². The highest BCUT2D eigenvalue weighted by molar-refractivity contribution is 6.09. The number of hydrogen-bond acceptors (Lipinski definition) is 5. The number of aromatic nitrogens is 5. The van der Waals surface area contributed by atoms with Crippen LogP contribution >= 0.6 is 0 Å². The second kappa shape index (κ2) is 4.28. The van der Waals surface area contributed by atoms with Crippen molar-refractivity contribution in [3.05, 3.63) is 36.0 Å². The topological polar surface area (TPSA) is 94.6 Å². The molecule has 0 fully saturated rings. The van der Waals surface area contributed by atoms with Crippen molar-refractivity contribution >= 4 is 22.6 Å². The second-order valence-corrected chi connectivity index (χ2v) is 3.79. The summed E-state index contributed by atoms with van der Waals surface area (Å²) in [5.74, 6) is 0.342. The molecule has 2 heterocycles. The Morgan fingerprint density at radius 3 is 3.06 bits per heavy atom. The lowest BCUT2D eigenvalue weighted by molar-refractivity contribution is 0.881. The van der Waals surface area contributed by atoms with E-state index < -0.39 is 0 Å². The van der Waals surface area contributed by atoms with Crippen LogP contribution in [0.1, 0.15) is 12.5 Å². The number of fused-ring (bicyclic) bond motifs is 1. The molecule has 0 aliphatic rings. The maximum Gasteiger partial charge on any atom is 0.283 e. The van der Waals surface area contributed by atoms with Gasteiger partial charge in [0.2, 0.25) is 0 Å². The average molecular weight is 241 g/mol. The molecule has 2 aromatic heterocycles. The molecule has 0 aliphatic heterocycles. The average Bonchev–Trinajstić information content (AvgIpc) is 3.05. The Morgan fingerprint density at radius 1 is 1.33 bits per heavy atom. The van der Waals surface area contributed by atoms with Gasteiger partial charge in [-0.2, -0.15) is 10.3 Å². The van der Waals surface area contributed by atoms with Crippen LogP contribution < -0.4 is 5.43 Å².